The highest BCUT2D eigenvalue weighted by Crippen LogP contribution is 2.39. The maximum absolute atomic E-state index is 12.8. The maximum atomic E-state index is 12.8. The first-order chi connectivity index (χ1) is 11.0. The number of carbonyl (C=O) groups is 2. The van der Waals surface area contributed by atoms with Crippen LogP contribution >= 0.6 is 0 Å². The zero-order chi connectivity index (χ0) is 16.4. The Morgan fingerprint density at radius 2 is 2.17 bits per heavy atom. The Labute approximate surface area is 136 Å². The molecule has 0 unspecified atom stereocenters. The zero-order valence-corrected chi connectivity index (χ0v) is 13.7. The Balaban J connectivity index is 1.74. The molecule has 2 amide bonds. The number of hydrogen-bond acceptors (Lipinski definition) is 3. The van der Waals surface area contributed by atoms with Crippen molar-refractivity contribution in [3.63, 3.8) is 0 Å². The second-order valence-electron chi connectivity index (χ2n) is 6.87. The topological polar surface area (TPSA) is 65.8 Å². The van der Waals surface area contributed by atoms with Gasteiger partial charge in [-0.3, -0.25) is 9.59 Å². The molecule has 1 atom stereocenters. The third-order valence-electron chi connectivity index (χ3n) is 5.23. The van der Waals surface area contributed by atoms with Gasteiger partial charge in [0.1, 0.15) is 5.69 Å². The summed E-state index contributed by atoms with van der Waals surface area (Å²) in [6, 6.07) is 3.74. The Morgan fingerprint density at radius 3 is 2.87 bits per heavy atom. The molecule has 6 nitrogen and oxygen atoms in total. The van der Waals surface area contributed by atoms with Crippen LogP contribution < -0.4 is 0 Å². The number of nitrogens with zero attached hydrogens (tertiary/aromatic N) is 3. The second kappa shape index (κ2) is 6.35. The fourth-order valence-corrected chi connectivity index (χ4v) is 3.99. The summed E-state index contributed by atoms with van der Waals surface area (Å²) in [5, 5.41) is 9.16. The normalized spacial score (nSPS) is 25.2. The standard InChI is InChI=1S/C17H25N3O3/c1-18-8-2-4-14(18)16(23)20-9-3-6-17(13-20)7-5-15(22)19(12-17)10-11-21/h2,4,8,21H,3,5-7,9-13H2,1H3/t17-/m0/s1. The Hall–Kier alpha value is -1.82. The maximum Gasteiger partial charge on any atom is 0.270 e. The summed E-state index contributed by atoms with van der Waals surface area (Å²) < 4.78 is 1.85. The van der Waals surface area contributed by atoms with Crippen LogP contribution in [0.5, 0.6) is 0 Å². The van der Waals surface area contributed by atoms with E-state index in [-0.39, 0.29) is 23.8 Å². The van der Waals surface area contributed by atoms with Gasteiger partial charge in [0.15, 0.2) is 0 Å². The molecule has 1 N–H and O–H groups in total. The van der Waals surface area contributed by atoms with Crippen LogP contribution in [-0.2, 0) is 11.8 Å². The minimum atomic E-state index is -0.0118. The fraction of sp³-hybridized carbons (Fsp3) is 0.647. The van der Waals surface area contributed by atoms with Gasteiger partial charge in [-0.15, -0.1) is 0 Å². The van der Waals surface area contributed by atoms with Gasteiger partial charge >= 0.3 is 0 Å². The third-order valence-corrected chi connectivity index (χ3v) is 5.23. The second-order valence-corrected chi connectivity index (χ2v) is 6.87. The highest BCUT2D eigenvalue weighted by molar-refractivity contribution is 5.92. The molecular formula is C17H25N3O3. The van der Waals surface area contributed by atoms with Crippen LogP contribution in [0.25, 0.3) is 0 Å². The molecule has 0 saturated carbocycles. The summed E-state index contributed by atoms with van der Waals surface area (Å²) in [4.78, 5) is 28.5. The number of rotatable bonds is 3. The van der Waals surface area contributed by atoms with Gasteiger partial charge in [0, 0.05) is 51.3 Å². The summed E-state index contributed by atoms with van der Waals surface area (Å²) in [5.41, 5.74) is 0.698. The number of likely N-dealkylation sites (tertiary alicyclic amines) is 2. The Kier molecular flexibility index (Phi) is 4.43. The molecule has 23 heavy (non-hydrogen) atoms. The van der Waals surface area contributed by atoms with Crippen molar-refractivity contribution in [3.05, 3.63) is 24.0 Å². The molecular weight excluding hydrogens is 294 g/mol. The number of amides is 2. The lowest BCUT2D eigenvalue weighted by molar-refractivity contribution is -0.139. The lowest BCUT2D eigenvalue weighted by Crippen LogP contribution is -2.55. The predicted molar refractivity (Wildman–Crippen MR) is 85.9 cm³/mol. The van der Waals surface area contributed by atoms with E-state index in [1.165, 1.54) is 0 Å². The lowest BCUT2D eigenvalue weighted by Gasteiger charge is -2.48. The number of aliphatic hydroxyl groups excluding tert-OH is 1. The first-order valence-corrected chi connectivity index (χ1v) is 8.34. The van der Waals surface area contributed by atoms with Crippen LogP contribution in [0.15, 0.2) is 18.3 Å². The summed E-state index contributed by atoms with van der Waals surface area (Å²) >= 11 is 0. The van der Waals surface area contributed by atoms with Crippen molar-refractivity contribution in [1.82, 2.24) is 14.4 Å². The van der Waals surface area contributed by atoms with Gasteiger partial charge < -0.3 is 19.5 Å². The lowest BCUT2D eigenvalue weighted by atomic mass is 9.73. The number of aromatic nitrogens is 1. The number of aryl methyl sites for hydroxylation is 1. The molecule has 0 bridgehead atoms. The first kappa shape index (κ1) is 16.1. The van der Waals surface area contributed by atoms with E-state index < -0.39 is 0 Å². The van der Waals surface area contributed by atoms with Crippen LogP contribution in [0.3, 0.4) is 0 Å². The SMILES string of the molecule is Cn1cccc1C(=O)N1CCC[C@@]2(CCC(=O)N(CCO)C2)C1. The van der Waals surface area contributed by atoms with E-state index in [4.69, 9.17) is 5.11 Å². The van der Waals surface area contributed by atoms with Crippen molar-refractivity contribution >= 4 is 11.8 Å². The van der Waals surface area contributed by atoms with E-state index in [2.05, 4.69) is 0 Å². The summed E-state index contributed by atoms with van der Waals surface area (Å²) in [5.74, 6) is 0.192. The number of β-amino-alcohol motifs (C(OH)–C–C–N with tert-alkyl or cyclic N) is 1. The summed E-state index contributed by atoms with van der Waals surface area (Å²) in [7, 11) is 1.88. The number of hydrogen-bond donors (Lipinski definition) is 1. The number of carbonyl (C=O) groups excluding carboxylic acids is 2. The van der Waals surface area contributed by atoms with Gasteiger partial charge in [-0.05, 0) is 31.4 Å². The van der Waals surface area contributed by atoms with E-state index in [9.17, 15) is 9.59 Å². The Morgan fingerprint density at radius 1 is 1.35 bits per heavy atom. The van der Waals surface area contributed by atoms with Crippen molar-refractivity contribution < 1.29 is 14.7 Å². The molecule has 1 spiro atoms. The van der Waals surface area contributed by atoms with E-state index in [0.717, 1.165) is 25.8 Å². The fourth-order valence-electron chi connectivity index (χ4n) is 3.99. The van der Waals surface area contributed by atoms with Crippen LogP contribution in [0, 0.1) is 5.41 Å². The van der Waals surface area contributed by atoms with Crippen LogP contribution in [0.2, 0.25) is 0 Å². The smallest absolute Gasteiger partial charge is 0.270 e. The molecule has 6 heteroatoms. The highest BCUT2D eigenvalue weighted by atomic mass is 16.3. The minimum absolute atomic E-state index is 0.00614. The molecule has 1 aromatic rings. The molecule has 0 aromatic carbocycles. The number of aliphatic hydroxyl groups is 1. The van der Waals surface area contributed by atoms with Crippen molar-refractivity contribution in [3.8, 4) is 0 Å². The van der Waals surface area contributed by atoms with Crippen LogP contribution in [0.1, 0.15) is 36.2 Å². The zero-order valence-electron chi connectivity index (χ0n) is 13.7. The molecule has 2 fully saturated rings. The van der Waals surface area contributed by atoms with Crippen LogP contribution in [-0.4, -0.2) is 64.1 Å². The molecule has 126 valence electrons. The van der Waals surface area contributed by atoms with Crippen molar-refractivity contribution in [2.24, 2.45) is 12.5 Å². The average Bonchev–Trinajstić information content (AvgIpc) is 2.97. The number of piperidine rings is 2. The molecule has 2 aliphatic heterocycles. The molecule has 2 saturated heterocycles. The molecule has 1 aromatic heterocycles. The van der Waals surface area contributed by atoms with Crippen LogP contribution in [0.4, 0.5) is 0 Å². The van der Waals surface area contributed by atoms with Gasteiger partial charge in [-0.2, -0.15) is 0 Å². The van der Waals surface area contributed by atoms with Crippen molar-refractivity contribution in [2.45, 2.75) is 25.7 Å². The summed E-state index contributed by atoms with van der Waals surface area (Å²) in [6.07, 6.45) is 5.25. The van der Waals surface area contributed by atoms with Crippen molar-refractivity contribution in [2.75, 3.05) is 32.8 Å². The van der Waals surface area contributed by atoms with Gasteiger partial charge in [-0.1, -0.05) is 0 Å². The largest absolute Gasteiger partial charge is 0.395 e. The van der Waals surface area contributed by atoms with E-state index >= 15 is 0 Å². The summed E-state index contributed by atoms with van der Waals surface area (Å²) in [6.45, 7) is 2.52. The highest BCUT2D eigenvalue weighted by Gasteiger charge is 2.42. The van der Waals surface area contributed by atoms with Gasteiger partial charge in [0.25, 0.3) is 5.91 Å². The van der Waals surface area contributed by atoms with E-state index in [1.54, 1.807) is 4.90 Å². The van der Waals surface area contributed by atoms with E-state index in [1.807, 2.05) is 34.8 Å². The Bertz CT molecular complexity index is 598. The molecule has 2 aliphatic rings. The third kappa shape index (κ3) is 3.13. The van der Waals surface area contributed by atoms with Gasteiger partial charge in [0.2, 0.25) is 5.91 Å². The van der Waals surface area contributed by atoms with Crippen molar-refractivity contribution in [1.29, 1.82) is 0 Å². The predicted octanol–water partition coefficient (Wildman–Crippen LogP) is 0.862. The van der Waals surface area contributed by atoms with Gasteiger partial charge in [0.05, 0.1) is 6.61 Å². The minimum Gasteiger partial charge on any atom is -0.395 e. The first-order valence-electron chi connectivity index (χ1n) is 8.34. The molecule has 0 radical (unpaired) electrons. The van der Waals surface area contributed by atoms with Gasteiger partial charge in [-0.25, -0.2) is 0 Å². The quantitative estimate of drug-likeness (QED) is 0.899. The molecule has 3 heterocycles. The van der Waals surface area contributed by atoms with E-state index in [0.29, 0.717) is 31.7 Å². The molecule has 3 rings (SSSR count). The average molecular weight is 319 g/mol. The molecule has 0 aliphatic carbocycles. The monoisotopic (exact) mass is 319 g/mol.